The number of carbonyl (C=O) groups excluding carboxylic acids is 2. The largest absolute Gasteiger partial charge is 0.389 e. The van der Waals surface area contributed by atoms with Gasteiger partial charge in [-0.05, 0) is 37.1 Å². The molecule has 2 aliphatic rings. The number of piperidine rings is 1. The highest BCUT2D eigenvalue weighted by molar-refractivity contribution is 5.94. The molecule has 2 amide bonds. The Kier molecular flexibility index (Phi) is 6.41. The van der Waals surface area contributed by atoms with Crippen LogP contribution in [-0.4, -0.2) is 72.4 Å². The van der Waals surface area contributed by atoms with Crippen LogP contribution in [0.5, 0.6) is 0 Å². The third-order valence-electron chi connectivity index (χ3n) is 5.24. The van der Waals surface area contributed by atoms with Crippen molar-refractivity contribution in [2.45, 2.75) is 44.1 Å². The highest BCUT2D eigenvalue weighted by atomic mass is 19.1. The van der Waals surface area contributed by atoms with E-state index >= 15 is 0 Å². The van der Waals surface area contributed by atoms with Crippen molar-refractivity contribution in [3.63, 3.8) is 0 Å². The number of rotatable bonds is 5. The summed E-state index contributed by atoms with van der Waals surface area (Å²) in [5.41, 5.74) is 0.357. The van der Waals surface area contributed by atoms with Crippen molar-refractivity contribution in [3.8, 4) is 0 Å². The van der Waals surface area contributed by atoms with Crippen molar-refractivity contribution >= 4 is 11.8 Å². The zero-order valence-electron chi connectivity index (χ0n) is 15.4. The fourth-order valence-electron chi connectivity index (χ4n) is 3.57. The molecular weight excluding hydrogens is 353 g/mol. The van der Waals surface area contributed by atoms with Crippen molar-refractivity contribution in [3.05, 3.63) is 35.6 Å². The van der Waals surface area contributed by atoms with Gasteiger partial charge < -0.3 is 25.4 Å². The summed E-state index contributed by atoms with van der Waals surface area (Å²) in [6.07, 6.45) is 0.456. The second-order valence-electron chi connectivity index (χ2n) is 7.13. The first-order valence-corrected chi connectivity index (χ1v) is 9.29. The van der Waals surface area contributed by atoms with Crippen LogP contribution in [0.2, 0.25) is 0 Å². The Balaban J connectivity index is 1.43. The molecule has 8 heteroatoms. The standard InChI is InChI=1S/C19H26FN3O4/c1-12(24)23-8-6-15(7-9-23)22-16-11-27-17(18(16)25)10-21-19(26)13-2-4-14(20)5-3-13/h2-5,15-18,22,25H,6-11H2,1H3,(H,21,26). The average molecular weight is 379 g/mol. The van der Waals surface area contributed by atoms with Crippen LogP contribution >= 0.6 is 0 Å². The molecule has 27 heavy (non-hydrogen) atoms. The maximum atomic E-state index is 12.9. The number of halogens is 1. The third kappa shape index (κ3) is 5.03. The lowest BCUT2D eigenvalue weighted by atomic mass is 10.0. The molecule has 3 rings (SSSR count). The van der Waals surface area contributed by atoms with E-state index in [1.165, 1.54) is 24.3 Å². The van der Waals surface area contributed by atoms with E-state index in [1.54, 1.807) is 6.92 Å². The number of ether oxygens (including phenoxy) is 1. The number of aliphatic hydroxyl groups is 1. The molecule has 2 fully saturated rings. The van der Waals surface area contributed by atoms with Gasteiger partial charge in [-0.2, -0.15) is 0 Å². The van der Waals surface area contributed by atoms with E-state index in [4.69, 9.17) is 4.74 Å². The lowest BCUT2D eigenvalue weighted by Crippen LogP contribution is -2.51. The Morgan fingerprint density at radius 2 is 1.93 bits per heavy atom. The van der Waals surface area contributed by atoms with E-state index in [2.05, 4.69) is 10.6 Å². The SMILES string of the molecule is CC(=O)N1CCC(NC2COC(CNC(=O)c3ccc(F)cc3)C2O)CC1. The summed E-state index contributed by atoms with van der Waals surface area (Å²) in [5.74, 6) is -0.641. The summed E-state index contributed by atoms with van der Waals surface area (Å²) in [4.78, 5) is 25.3. The van der Waals surface area contributed by atoms with Gasteiger partial charge in [-0.1, -0.05) is 0 Å². The van der Waals surface area contributed by atoms with Gasteiger partial charge >= 0.3 is 0 Å². The number of hydrogen-bond donors (Lipinski definition) is 3. The zero-order valence-corrected chi connectivity index (χ0v) is 15.4. The highest BCUT2D eigenvalue weighted by Gasteiger charge is 2.37. The Bertz CT molecular complexity index is 661. The van der Waals surface area contributed by atoms with Gasteiger partial charge in [0, 0.05) is 38.2 Å². The number of nitrogens with zero attached hydrogens (tertiary/aromatic N) is 1. The minimum absolute atomic E-state index is 0.0923. The molecule has 1 aromatic rings. The van der Waals surface area contributed by atoms with E-state index < -0.39 is 18.0 Å². The molecule has 0 bridgehead atoms. The van der Waals surface area contributed by atoms with Crippen LogP contribution in [0.4, 0.5) is 4.39 Å². The summed E-state index contributed by atoms with van der Waals surface area (Å²) in [5, 5.41) is 16.6. The lowest BCUT2D eigenvalue weighted by Gasteiger charge is -2.33. The summed E-state index contributed by atoms with van der Waals surface area (Å²) < 4.78 is 18.6. The van der Waals surface area contributed by atoms with Crippen LogP contribution < -0.4 is 10.6 Å². The summed E-state index contributed by atoms with van der Waals surface area (Å²) in [6.45, 7) is 3.55. The van der Waals surface area contributed by atoms with Crippen molar-refractivity contribution in [1.29, 1.82) is 0 Å². The van der Waals surface area contributed by atoms with Crippen molar-refractivity contribution in [2.75, 3.05) is 26.2 Å². The van der Waals surface area contributed by atoms with Crippen LogP contribution in [0.3, 0.4) is 0 Å². The number of amides is 2. The summed E-state index contributed by atoms with van der Waals surface area (Å²) >= 11 is 0. The predicted octanol–water partition coefficient (Wildman–Crippen LogP) is 0.284. The monoisotopic (exact) mass is 379 g/mol. The molecule has 2 saturated heterocycles. The maximum Gasteiger partial charge on any atom is 0.251 e. The van der Waals surface area contributed by atoms with Crippen molar-refractivity contribution in [2.24, 2.45) is 0 Å². The van der Waals surface area contributed by atoms with Gasteiger partial charge in [-0.15, -0.1) is 0 Å². The second-order valence-corrected chi connectivity index (χ2v) is 7.13. The number of likely N-dealkylation sites (tertiary alicyclic amines) is 1. The first-order chi connectivity index (χ1) is 12.9. The molecular formula is C19H26FN3O4. The Labute approximate surface area is 157 Å². The van der Waals surface area contributed by atoms with E-state index in [-0.39, 0.29) is 30.4 Å². The molecule has 2 heterocycles. The molecule has 0 aliphatic carbocycles. The molecule has 7 nitrogen and oxygen atoms in total. The van der Waals surface area contributed by atoms with Crippen molar-refractivity contribution in [1.82, 2.24) is 15.5 Å². The first-order valence-electron chi connectivity index (χ1n) is 9.29. The number of aliphatic hydroxyl groups excluding tert-OH is 1. The molecule has 3 atom stereocenters. The predicted molar refractivity (Wildman–Crippen MR) is 96.7 cm³/mol. The van der Waals surface area contributed by atoms with Crippen LogP contribution in [0.15, 0.2) is 24.3 Å². The minimum Gasteiger partial charge on any atom is -0.389 e. The van der Waals surface area contributed by atoms with Crippen LogP contribution in [0.1, 0.15) is 30.1 Å². The van der Waals surface area contributed by atoms with Gasteiger partial charge in [-0.25, -0.2) is 4.39 Å². The highest BCUT2D eigenvalue weighted by Crippen LogP contribution is 2.18. The van der Waals surface area contributed by atoms with Gasteiger partial charge in [-0.3, -0.25) is 9.59 Å². The topological polar surface area (TPSA) is 90.9 Å². The molecule has 3 unspecified atom stereocenters. The lowest BCUT2D eigenvalue weighted by molar-refractivity contribution is -0.129. The molecule has 148 valence electrons. The van der Waals surface area contributed by atoms with E-state index in [0.717, 1.165) is 12.8 Å². The molecule has 0 aromatic heterocycles. The number of carbonyl (C=O) groups is 2. The average Bonchev–Trinajstić information content (AvgIpc) is 3.00. The normalized spacial score (nSPS) is 26.2. The number of nitrogens with one attached hydrogen (secondary N) is 2. The summed E-state index contributed by atoms with van der Waals surface area (Å²) in [7, 11) is 0. The van der Waals surface area contributed by atoms with Crippen LogP contribution in [0, 0.1) is 5.82 Å². The fraction of sp³-hybridized carbons (Fsp3) is 0.579. The Morgan fingerprint density at radius 3 is 2.56 bits per heavy atom. The maximum absolute atomic E-state index is 12.9. The Hall–Kier alpha value is -2.03. The zero-order chi connectivity index (χ0) is 19.4. The number of benzene rings is 1. The molecule has 0 saturated carbocycles. The smallest absolute Gasteiger partial charge is 0.251 e. The second kappa shape index (κ2) is 8.77. The first kappa shape index (κ1) is 19.7. The number of hydrogen-bond acceptors (Lipinski definition) is 5. The van der Waals surface area contributed by atoms with E-state index in [1.807, 2.05) is 4.90 Å². The van der Waals surface area contributed by atoms with Crippen LogP contribution in [-0.2, 0) is 9.53 Å². The fourth-order valence-corrected chi connectivity index (χ4v) is 3.57. The van der Waals surface area contributed by atoms with Crippen LogP contribution in [0.25, 0.3) is 0 Å². The van der Waals surface area contributed by atoms with E-state index in [9.17, 15) is 19.1 Å². The summed E-state index contributed by atoms with van der Waals surface area (Å²) in [6, 6.07) is 5.31. The van der Waals surface area contributed by atoms with Gasteiger partial charge in [0.1, 0.15) is 11.9 Å². The molecule has 3 N–H and O–H groups in total. The van der Waals surface area contributed by atoms with Gasteiger partial charge in [0.15, 0.2) is 0 Å². The van der Waals surface area contributed by atoms with Gasteiger partial charge in [0.25, 0.3) is 5.91 Å². The molecule has 0 spiro atoms. The van der Waals surface area contributed by atoms with Gasteiger partial charge in [0.2, 0.25) is 5.91 Å². The quantitative estimate of drug-likeness (QED) is 0.684. The molecule has 1 aromatic carbocycles. The Morgan fingerprint density at radius 1 is 1.26 bits per heavy atom. The minimum atomic E-state index is -0.732. The molecule has 0 radical (unpaired) electrons. The van der Waals surface area contributed by atoms with Crippen molar-refractivity contribution < 1.29 is 23.8 Å². The van der Waals surface area contributed by atoms with E-state index in [0.29, 0.717) is 25.3 Å². The third-order valence-corrected chi connectivity index (χ3v) is 5.24. The van der Waals surface area contributed by atoms with Gasteiger partial charge in [0.05, 0.1) is 18.8 Å². The molecule has 2 aliphatic heterocycles.